The summed E-state index contributed by atoms with van der Waals surface area (Å²) < 4.78 is 7.15. The molecule has 6 nitrogen and oxygen atoms in total. The first kappa shape index (κ1) is 22.4. The molecule has 0 atom stereocenters. The van der Waals surface area contributed by atoms with Gasteiger partial charge in [-0.25, -0.2) is 4.79 Å². The summed E-state index contributed by atoms with van der Waals surface area (Å²) in [6, 6.07) is 10.9. The molecule has 1 aromatic heterocycles. The molecule has 1 heterocycles. The third-order valence-electron chi connectivity index (χ3n) is 5.77. The number of hydrogen-bond donors (Lipinski definition) is 0. The highest BCUT2D eigenvalue weighted by Crippen LogP contribution is 2.34. The Labute approximate surface area is 195 Å². The maximum Gasteiger partial charge on any atom is 0.340 e. The number of carbonyl (C=O) groups excluding carboxylic acids is 4. The molecule has 0 saturated heterocycles. The van der Waals surface area contributed by atoms with Crippen LogP contribution in [0.25, 0.3) is 0 Å². The van der Waals surface area contributed by atoms with Gasteiger partial charge in [-0.15, -0.1) is 6.58 Å². The van der Waals surface area contributed by atoms with Crippen molar-refractivity contribution in [1.29, 1.82) is 0 Å². The van der Waals surface area contributed by atoms with Gasteiger partial charge in [0.05, 0.1) is 16.1 Å². The number of ether oxygens (including phenoxy) is 1. The van der Waals surface area contributed by atoms with E-state index in [-0.39, 0.29) is 38.8 Å². The van der Waals surface area contributed by atoms with E-state index < -0.39 is 18.4 Å². The fourth-order valence-electron chi connectivity index (χ4n) is 4.08. The molecule has 3 aromatic rings. The van der Waals surface area contributed by atoms with Crippen molar-refractivity contribution in [2.45, 2.75) is 20.4 Å². The molecule has 166 valence electrons. The van der Waals surface area contributed by atoms with Crippen LogP contribution in [0.1, 0.15) is 63.9 Å². The highest BCUT2D eigenvalue weighted by atomic mass is 35.5. The first-order valence-electron chi connectivity index (χ1n) is 10.2. The Morgan fingerprint density at radius 3 is 2.33 bits per heavy atom. The number of esters is 1. The molecule has 4 rings (SSSR count). The van der Waals surface area contributed by atoms with E-state index >= 15 is 0 Å². The van der Waals surface area contributed by atoms with Crippen LogP contribution < -0.4 is 0 Å². The summed E-state index contributed by atoms with van der Waals surface area (Å²) in [4.78, 5) is 51.1. The zero-order valence-electron chi connectivity index (χ0n) is 18.1. The van der Waals surface area contributed by atoms with Gasteiger partial charge in [0.15, 0.2) is 18.2 Å². The third kappa shape index (κ3) is 3.72. The van der Waals surface area contributed by atoms with Crippen molar-refractivity contribution in [2.75, 3.05) is 6.61 Å². The van der Waals surface area contributed by atoms with E-state index in [1.54, 1.807) is 36.4 Å². The molecular weight excluding hydrogens is 442 g/mol. The fourth-order valence-corrected chi connectivity index (χ4v) is 4.41. The standard InChI is InChI=1S/C26H20ClNO5/c1-4-11-28-14(2)12-20(15(28)3)21(29)13-33-26(32)19-10-9-18-22(23(19)27)25(31)17-8-6-5-7-16(17)24(18)30/h4-10,12H,1,11,13H2,2-3H3. The van der Waals surface area contributed by atoms with Crippen LogP contribution >= 0.6 is 11.6 Å². The van der Waals surface area contributed by atoms with Crippen LogP contribution in [-0.4, -0.2) is 34.5 Å². The second kappa shape index (κ2) is 8.64. The second-order valence-corrected chi connectivity index (χ2v) is 8.11. The highest BCUT2D eigenvalue weighted by Gasteiger charge is 2.33. The Kier molecular flexibility index (Phi) is 5.87. The highest BCUT2D eigenvalue weighted by molar-refractivity contribution is 6.41. The Morgan fingerprint density at radius 2 is 1.67 bits per heavy atom. The molecule has 0 saturated carbocycles. The Balaban J connectivity index is 1.58. The summed E-state index contributed by atoms with van der Waals surface area (Å²) >= 11 is 6.39. The molecule has 0 N–H and O–H groups in total. The summed E-state index contributed by atoms with van der Waals surface area (Å²) in [5, 5.41) is -0.165. The van der Waals surface area contributed by atoms with Crippen LogP contribution in [-0.2, 0) is 11.3 Å². The molecule has 7 heteroatoms. The maximum absolute atomic E-state index is 13.0. The van der Waals surface area contributed by atoms with Gasteiger partial charge in [0.25, 0.3) is 0 Å². The van der Waals surface area contributed by atoms with Crippen LogP contribution in [0.4, 0.5) is 0 Å². The van der Waals surface area contributed by atoms with Crippen LogP contribution in [0.5, 0.6) is 0 Å². The Hall–Kier alpha value is -3.77. The lowest BCUT2D eigenvalue weighted by Gasteiger charge is -2.19. The monoisotopic (exact) mass is 461 g/mol. The molecular formula is C26H20ClNO5. The largest absolute Gasteiger partial charge is 0.454 e. The SMILES string of the molecule is C=CCn1c(C)cc(C(=O)COC(=O)c2ccc3c(c2Cl)C(=O)c2ccccc2C3=O)c1C. The number of allylic oxidation sites excluding steroid dienone is 1. The minimum atomic E-state index is -0.852. The normalized spacial score (nSPS) is 12.2. The number of ketones is 3. The van der Waals surface area contributed by atoms with E-state index in [1.807, 2.05) is 18.4 Å². The molecule has 0 unspecified atom stereocenters. The van der Waals surface area contributed by atoms with Crippen molar-refractivity contribution in [1.82, 2.24) is 4.57 Å². The number of nitrogens with zero attached hydrogens (tertiary/aromatic N) is 1. The summed E-state index contributed by atoms with van der Waals surface area (Å²) in [5.41, 5.74) is 2.64. The van der Waals surface area contributed by atoms with E-state index in [4.69, 9.17) is 16.3 Å². The number of Topliss-reactive ketones (excluding diaryl/α,β-unsaturated/α-hetero) is 1. The predicted molar refractivity (Wildman–Crippen MR) is 123 cm³/mol. The van der Waals surface area contributed by atoms with Gasteiger partial charge in [-0.05, 0) is 32.0 Å². The van der Waals surface area contributed by atoms with Gasteiger partial charge in [0.2, 0.25) is 5.78 Å². The van der Waals surface area contributed by atoms with Gasteiger partial charge in [0.1, 0.15) is 0 Å². The van der Waals surface area contributed by atoms with E-state index in [9.17, 15) is 19.2 Å². The van der Waals surface area contributed by atoms with Gasteiger partial charge >= 0.3 is 5.97 Å². The molecule has 0 fully saturated rings. The number of carbonyl (C=O) groups is 4. The topological polar surface area (TPSA) is 82.4 Å². The van der Waals surface area contributed by atoms with Crippen LogP contribution in [0.2, 0.25) is 5.02 Å². The molecule has 0 bridgehead atoms. The number of rotatable bonds is 6. The minimum Gasteiger partial charge on any atom is -0.454 e. The first-order valence-corrected chi connectivity index (χ1v) is 10.6. The number of halogens is 1. The van der Waals surface area contributed by atoms with Gasteiger partial charge < -0.3 is 9.30 Å². The van der Waals surface area contributed by atoms with Gasteiger partial charge in [-0.3, -0.25) is 14.4 Å². The van der Waals surface area contributed by atoms with E-state index in [0.29, 0.717) is 17.7 Å². The molecule has 1 aliphatic rings. The summed E-state index contributed by atoms with van der Waals surface area (Å²) in [6.07, 6.45) is 1.73. The number of aromatic nitrogens is 1. The number of aryl methyl sites for hydroxylation is 1. The van der Waals surface area contributed by atoms with Crippen LogP contribution in [0.15, 0.2) is 55.1 Å². The lowest BCUT2D eigenvalue weighted by atomic mass is 9.83. The number of hydrogen-bond acceptors (Lipinski definition) is 5. The first-order chi connectivity index (χ1) is 15.8. The molecule has 0 radical (unpaired) electrons. The number of benzene rings is 2. The van der Waals surface area contributed by atoms with Crippen molar-refractivity contribution in [2.24, 2.45) is 0 Å². The van der Waals surface area contributed by atoms with Crippen molar-refractivity contribution in [3.05, 3.63) is 105 Å². The smallest absolute Gasteiger partial charge is 0.340 e. The van der Waals surface area contributed by atoms with Crippen LogP contribution in [0.3, 0.4) is 0 Å². The fraction of sp³-hybridized carbons (Fsp3) is 0.154. The van der Waals surface area contributed by atoms with Gasteiger partial charge in [-0.2, -0.15) is 0 Å². The second-order valence-electron chi connectivity index (χ2n) is 7.74. The zero-order valence-corrected chi connectivity index (χ0v) is 18.9. The Bertz CT molecular complexity index is 1370. The average Bonchev–Trinajstić information content (AvgIpc) is 3.09. The summed E-state index contributed by atoms with van der Waals surface area (Å²) in [5.74, 6) is -1.99. The van der Waals surface area contributed by atoms with Crippen LogP contribution in [0, 0.1) is 13.8 Å². The molecule has 33 heavy (non-hydrogen) atoms. The lowest BCUT2D eigenvalue weighted by molar-refractivity contribution is 0.0474. The molecule has 0 amide bonds. The zero-order chi connectivity index (χ0) is 23.9. The van der Waals surface area contributed by atoms with Crippen molar-refractivity contribution in [3.8, 4) is 0 Å². The average molecular weight is 462 g/mol. The van der Waals surface area contributed by atoms with E-state index in [0.717, 1.165) is 11.4 Å². The predicted octanol–water partition coefficient (Wildman–Crippen LogP) is 4.76. The molecule has 2 aromatic carbocycles. The van der Waals surface area contributed by atoms with Crippen molar-refractivity contribution >= 4 is 34.9 Å². The molecule has 0 spiro atoms. The summed E-state index contributed by atoms with van der Waals surface area (Å²) in [6.45, 7) is 7.48. The number of fused-ring (bicyclic) bond motifs is 2. The van der Waals surface area contributed by atoms with Crippen molar-refractivity contribution < 1.29 is 23.9 Å². The Morgan fingerprint density at radius 1 is 1.00 bits per heavy atom. The maximum atomic E-state index is 13.0. The van der Waals surface area contributed by atoms with E-state index in [2.05, 4.69) is 6.58 Å². The van der Waals surface area contributed by atoms with Crippen molar-refractivity contribution in [3.63, 3.8) is 0 Å². The minimum absolute atomic E-state index is 0.0332. The molecule has 1 aliphatic carbocycles. The lowest BCUT2D eigenvalue weighted by Crippen LogP contribution is -2.23. The van der Waals surface area contributed by atoms with Gasteiger partial charge in [-0.1, -0.05) is 41.9 Å². The van der Waals surface area contributed by atoms with Gasteiger partial charge in [0, 0.05) is 40.2 Å². The quantitative estimate of drug-likeness (QED) is 0.235. The molecule has 0 aliphatic heterocycles. The summed E-state index contributed by atoms with van der Waals surface area (Å²) in [7, 11) is 0. The third-order valence-corrected chi connectivity index (χ3v) is 6.16. The van der Waals surface area contributed by atoms with E-state index in [1.165, 1.54) is 12.1 Å².